The van der Waals surface area contributed by atoms with E-state index in [1.54, 1.807) is 0 Å². The zero-order valence-corrected chi connectivity index (χ0v) is 7.26. The Hall–Kier alpha value is -0.550. The second-order valence-corrected chi connectivity index (χ2v) is 3.93. The lowest BCUT2D eigenvalue weighted by Crippen LogP contribution is -2.14. The third-order valence-corrected chi connectivity index (χ3v) is 2.13. The highest BCUT2D eigenvalue weighted by atomic mass is 16.5. The molecule has 0 N–H and O–H groups in total. The molecular formula is C9H15NO. The molecule has 0 unspecified atom stereocenters. The summed E-state index contributed by atoms with van der Waals surface area (Å²) in [6, 6.07) is 2.31. The van der Waals surface area contributed by atoms with Gasteiger partial charge in [0, 0.05) is 13.2 Å². The van der Waals surface area contributed by atoms with E-state index in [9.17, 15) is 0 Å². The van der Waals surface area contributed by atoms with Gasteiger partial charge in [0.25, 0.3) is 0 Å². The van der Waals surface area contributed by atoms with Crippen molar-refractivity contribution in [1.82, 2.24) is 0 Å². The SMILES string of the molecule is CC(C)(C#N)C[C@H]1CCOC1. The van der Waals surface area contributed by atoms with Crippen LogP contribution in [0.25, 0.3) is 0 Å². The molecule has 1 saturated heterocycles. The summed E-state index contributed by atoms with van der Waals surface area (Å²) in [5, 5.41) is 8.76. The maximum Gasteiger partial charge on any atom is 0.0684 e. The third kappa shape index (κ3) is 2.51. The van der Waals surface area contributed by atoms with E-state index in [0.717, 1.165) is 26.1 Å². The van der Waals surface area contributed by atoms with Crippen LogP contribution in [-0.2, 0) is 4.74 Å². The summed E-state index contributed by atoms with van der Waals surface area (Å²) in [5.41, 5.74) is -0.168. The first-order chi connectivity index (χ1) is 5.14. The van der Waals surface area contributed by atoms with E-state index in [1.165, 1.54) is 0 Å². The zero-order valence-electron chi connectivity index (χ0n) is 7.26. The molecule has 2 heteroatoms. The minimum absolute atomic E-state index is 0.168. The molecule has 1 aliphatic heterocycles. The smallest absolute Gasteiger partial charge is 0.0684 e. The average molecular weight is 153 g/mol. The molecule has 1 fully saturated rings. The predicted octanol–water partition coefficient (Wildman–Crippen LogP) is 1.96. The molecular weight excluding hydrogens is 138 g/mol. The van der Waals surface area contributed by atoms with Crippen molar-refractivity contribution >= 4 is 0 Å². The Labute approximate surface area is 68.2 Å². The predicted molar refractivity (Wildman–Crippen MR) is 42.9 cm³/mol. The van der Waals surface area contributed by atoms with Crippen LogP contribution >= 0.6 is 0 Å². The fourth-order valence-electron chi connectivity index (χ4n) is 1.51. The molecule has 0 saturated carbocycles. The van der Waals surface area contributed by atoms with Crippen molar-refractivity contribution in [2.24, 2.45) is 11.3 Å². The van der Waals surface area contributed by atoms with Crippen LogP contribution in [0.3, 0.4) is 0 Å². The van der Waals surface area contributed by atoms with E-state index in [0.29, 0.717) is 5.92 Å². The van der Waals surface area contributed by atoms with Gasteiger partial charge >= 0.3 is 0 Å². The quantitative estimate of drug-likeness (QED) is 0.607. The Morgan fingerprint density at radius 3 is 2.82 bits per heavy atom. The van der Waals surface area contributed by atoms with Crippen LogP contribution in [0.5, 0.6) is 0 Å². The van der Waals surface area contributed by atoms with E-state index in [2.05, 4.69) is 6.07 Å². The van der Waals surface area contributed by atoms with E-state index >= 15 is 0 Å². The molecule has 0 aromatic carbocycles. The Morgan fingerprint density at radius 1 is 1.64 bits per heavy atom. The molecule has 0 aromatic heterocycles. The summed E-state index contributed by atoms with van der Waals surface area (Å²) >= 11 is 0. The average Bonchev–Trinajstić information content (AvgIpc) is 2.39. The monoisotopic (exact) mass is 153 g/mol. The van der Waals surface area contributed by atoms with Gasteiger partial charge in [0.2, 0.25) is 0 Å². The highest BCUT2D eigenvalue weighted by molar-refractivity contribution is 4.93. The Kier molecular flexibility index (Phi) is 2.51. The Balaban J connectivity index is 2.35. The van der Waals surface area contributed by atoms with Crippen LogP contribution in [0.15, 0.2) is 0 Å². The van der Waals surface area contributed by atoms with Crippen molar-refractivity contribution in [1.29, 1.82) is 5.26 Å². The molecule has 0 aliphatic carbocycles. The molecule has 0 amide bonds. The van der Waals surface area contributed by atoms with Crippen molar-refractivity contribution in [2.75, 3.05) is 13.2 Å². The minimum atomic E-state index is -0.168. The normalized spacial score (nSPS) is 25.0. The first kappa shape index (κ1) is 8.55. The summed E-state index contributed by atoms with van der Waals surface area (Å²) in [4.78, 5) is 0. The highest BCUT2D eigenvalue weighted by Gasteiger charge is 2.25. The van der Waals surface area contributed by atoms with Crippen molar-refractivity contribution in [3.63, 3.8) is 0 Å². The van der Waals surface area contributed by atoms with Crippen molar-refractivity contribution < 1.29 is 4.74 Å². The molecule has 1 aliphatic rings. The zero-order chi connectivity index (χ0) is 8.32. The number of ether oxygens (including phenoxy) is 1. The summed E-state index contributed by atoms with van der Waals surface area (Å²) in [5.74, 6) is 0.615. The number of rotatable bonds is 2. The Bertz CT molecular complexity index is 163. The van der Waals surface area contributed by atoms with Gasteiger partial charge in [-0.3, -0.25) is 0 Å². The van der Waals surface area contributed by atoms with E-state index in [4.69, 9.17) is 10.00 Å². The van der Waals surface area contributed by atoms with Crippen molar-refractivity contribution in [3.05, 3.63) is 0 Å². The van der Waals surface area contributed by atoms with Crippen LogP contribution in [0.1, 0.15) is 26.7 Å². The summed E-state index contributed by atoms with van der Waals surface area (Å²) < 4.78 is 5.24. The highest BCUT2D eigenvalue weighted by Crippen LogP contribution is 2.28. The molecule has 1 heterocycles. The number of hydrogen-bond acceptors (Lipinski definition) is 2. The number of nitrogens with zero attached hydrogens (tertiary/aromatic N) is 1. The largest absolute Gasteiger partial charge is 0.381 e. The lowest BCUT2D eigenvalue weighted by Gasteiger charge is -2.18. The summed E-state index contributed by atoms with van der Waals surface area (Å²) in [7, 11) is 0. The molecule has 2 nitrogen and oxygen atoms in total. The minimum Gasteiger partial charge on any atom is -0.381 e. The van der Waals surface area contributed by atoms with Crippen LogP contribution < -0.4 is 0 Å². The van der Waals surface area contributed by atoms with Gasteiger partial charge in [-0.25, -0.2) is 0 Å². The number of nitriles is 1. The van der Waals surface area contributed by atoms with E-state index in [-0.39, 0.29) is 5.41 Å². The summed E-state index contributed by atoms with van der Waals surface area (Å²) in [6.45, 7) is 5.72. The lowest BCUT2D eigenvalue weighted by molar-refractivity contribution is 0.177. The third-order valence-electron chi connectivity index (χ3n) is 2.13. The maximum atomic E-state index is 8.76. The van der Waals surface area contributed by atoms with Gasteiger partial charge < -0.3 is 4.74 Å². The number of hydrogen-bond donors (Lipinski definition) is 0. The molecule has 0 radical (unpaired) electrons. The second kappa shape index (κ2) is 3.23. The van der Waals surface area contributed by atoms with Gasteiger partial charge in [0.05, 0.1) is 11.5 Å². The fraction of sp³-hybridized carbons (Fsp3) is 0.889. The topological polar surface area (TPSA) is 33.0 Å². The first-order valence-corrected chi connectivity index (χ1v) is 4.13. The van der Waals surface area contributed by atoms with Gasteiger partial charge in [-0.05, 0) is 32.6 Å². The van der Waals surface area contributed by atoms with Crippen molar-refractivity contribution in [2.45, 2.75) is 26.7 Å². The van der Waals surface area contributed by atoms with Gasteiger partial charge in [-0.15, -0.1) is 0 Å². The molecule has 0 aromatic rings. The molecule has 11 heavy (non-hydrogen) atoms. The van der Waals surface area contributed by atoms with Crippen LogP contribution in [0, 0.1) is 22.7 Å². The van der Waals surface area contributed by atoms with Gasteiger partial charge in [-0.2, -0.15) is 5.26 Å². The molecule has 62 valence electrons. The maximum absolute atomic E-state index is 8.76. The van der Waals surface area contributed by atoms with E-state index in [1.807, 2.05) is 13.8 Å². The molecule has 1 rings (SSSR count). The fourth-order valence-corrected chi connectivity index (χ4v) is 1.51. The first-order valence-electron chi connectivity index (χ1n) is 4.13. The van der Waals surface area contributed by atoms with Gasteiger partial charge in [0.15, 0.2) is 0 Å². The van der Waals surface area contributed by atoms with Gasteiger partial charge in [-0.1, -0.05) is 0 Å². The van der Waals surface area contributed by atoms with Crippen LogP contribution in [0.4, 0.5) is 0 Å². The standard InChI is InChI=1S/C9H15NO/c1-9(2,7-10)5-8-3-4-11-6-8/h8H,3-6H2,1-2H3/t8-/m1/s1. The van der Waals surface area contributed by atoms with Crippen LogP contribution in [-0.4, -0.2) is 13.2 Å². The Morgan fingerprint density at radius 2 is 2.36 bits per heavy atom. The van der Waals surface area contributed by atoms with E-state index < -0.39 is 0 Å². The van der Waals surface area contributed by atoms with Gasteiger partial charge in [0.1, 0.15) is 0 Å². The second-order valence-electron chi connectivity index (χ2n) is 3.93. The van der Waals surface area contributed by atoms with Crippen LogP contribution in [0.2, 0.25) is 0 Å². The lowest BCUT2D eigenvalue weighted by atomic mass is 9.84. The molecule has 0 spiro atoms. The summed E-state index contributed by atoms with van der Waals surface area (Å²) in [6.07, 6.45) is 2.11. The molecule has 0 bridgehead atoms. The molecule has 1 atom stereocenters. The van der Waals surface area contributed by atoms with Crippen molar-refractivity contribution in [3.8, 4) is 6.07 Å².